The van der Waals surface area contributed by atoms with Crippen LogP contribution in [-0.4, -0.2) is 0 Å². The fraction of sp³-hybridized carbons (Fsp3) is 0.134. The van der Waals surface area contributed by atoms with Gasteiger partial charge in [-0.1, -0.05) is 228 Å². The third-order valence-electron chi connectivity index (χ3n) is 15.4. The Labute approximate surface area is 402 Å². The Morgan fingerprint density at radius 2 is 0.838 bits per heavy atom. The molecular formula is C67H55N. The molecule has 0 unspecified atom stereocenters. The van der Waals surface area contributed by atoms with E-state index in [1.165, 1.54) is 102 Å². The van der Waals surface area contributed by atoms with Gasteiger partial charge >= 0.3 is 0 Å². The van der Waals surface area contributed by atoms with Gasteiger partial charge in [-0.3, -0.25) is 0 Å². The molecule has 328 valence electrons. The van der Waals surface area contributed by atoms with Crippen molar-refractivity contribution in [3.05, 3.63) is 270 Å². The Balaban J connectivity index is 1.09. The highest BCUT2D eigenvalue weighted by atomic mass is 15.1. The standard InChI is InChI=1S/C67H55N/c1-65(2)41-42-66(3,4)63-43-50(37-40-61(63)65)46-31-33-49(34-32-46)58-44-59-57-28-16-17-30-60(57)67(51-21-8-5-9-22-51,52-23-10-6-11-24-52)62(59)45-64(58)68(53-25-12-7-13-26-53)54-38-35-48(36-39-54)56-29-18-20-47-19-14-15-27-55(47)56/h5-40,43-45H,41-42H2,1-4H3. The molecule has 12 rings (SSSR count). The molecule has 0 amide bonds. The minimum absolute atomic E-state index is 0.138. The number of hydrogen-bond donors (Lipinski definition) is 0. The normalized spacial score (nSPS) is 15.0. The zero-order valence-corrected chi connectivity index (χ0v) is 39.4. The molecule has 10 aromatic rings. The molecule has 0 radical (unpaired) electrons. The van der Waals surface area contributed by atoms with Crippen LogP contribution in [0.15, 0.2) is 237 Å². The molecule has 2 aliphatic rings. The molecule has 0 saturated heterocycles. The highest BCUT2D eigenvalue weighted by Gasteiger charge is 2.47. The van der Waals surface area contributed by atoms with Gasteiger partial charge in [0.2, 0.25) is 0 Å². The van der Waals surface area contributed by atoms with E-state index in [0.717, 1.165) is 17.1 Å². The molecule has 0 fully saturated rings. The fourth-order valence-electron chi connectivity index (χ4n) is 11.8. The third kappa shape index (κ3) is 6.75. The average Bonchev–Trinajstić information content (AvgIpc) is 3.68. The predicted octanol–water partition coefficient (Wildman–Crippen LogP) is 18.0. The summed E-state index contributed by atoms with van der Waals surface area (Å²) in [5, 5.41) is 2.50. The maximum Gasteiger partial charge on any atom is 0.0714 e. The summed E-state index contributed by atoms with van der Waals surface area (Å²) in [6.07, 6.45) is 2.40. The van der Waals surface area contributed by atoms with E-state index in [4.69, 9.17) is 0 Å². The number of benzene rings is 10. The number of nitrogens with zero attached hydrogens (tertiary/aromatic N) is 1. The summed E-state index contributed by atoms with van der Waals surface area (Å²) in [7, 11) is 0. The second kappa shape index (κ2) is 16.2. The van der Waals surface area contributed by atoms with Crippen molar-refractivity contribution in [3.8, 4) is 44.5 Å². The lowest BCUT2D eigenvalue weighted by molar-refractivity contribution is 0.332. The maximum absolute atomic E-state index is 2.53. The summed E-state index contributed by atoms with van der Waals surface area (Å²) in [5.74, 6) is 0. The number of fused-ring (bicyclic) bond motifs is 5. The van der Waals surface area contributed by atoms with Gasteiger partial charge in [0.25, 0.3) is 0 Å². The van der Waals surface area contributed by atoms with Gasteiger partial charge in [0, 0.05) is 16.9 Å². The molecule has 2 aliphatic carbocycles. The van der Waals surface area contributed by atoms with Crippen LogP contribution in [0.25, 0.3) is 55.3 Å². The largest absolute Gasteiger partial charge is 0.310 e. The van der Waals surface area contributed by atoms with E-state index in [0.29, 0.717) is 0 Å². The second-order valence-electron chi connectivity index (χ2n) is 20.3. The van der Waals surface area contributed by atoms with E-state index in [2.05, 4.69) is 269 Å². The molecule has 0 aromatic heterocycles. The molecule has 0 aliphatic heterocycles. The van der Waals surface area contributed by atoms with Crippen LogP contribution in [0.1, 0.15) is 73.9 Å². The van der Waals surface area contributed by atoms with Gasteiger partial charge in [-0.25, -0.2) is 0 Å². The van der Waals surface area contributed by atoms with Crippen LogP contribution in [0.5, 0.6) is 0 Å². The minimum Gasteiger partial charge on any atom is -0.310 e. The first-order valence-corrected chi connectivity index (χ1v) is 24.3. The van der Waals surface area contributed by atoms with Crippen molar-refractivity contribution in [1.82, 2.24) is 0 Å². The van der Waals surface area contributed by atoms with Gasteiger partial charge in [-0.05, 0) is 143 Å². The highest BCUT2D eigenvalue weighted by Crippen LogP contribution is 2.59. The molecule has 1 nitrogen and oxygen atoms in total. The summed E-state index contributed by atoms with van der Waals surface area (Å²) in [4.78, 5) is 2.48. The van der Waals surface area contributed by atoms with E-state index >= 15 is 0 Å². The molecule has 0 spiro atoms. The molecule has 0 bridgehead atoms. The molecule has 0 atom stereocenters. The smallest absolute Gasteiger partial charge is 0.0714 e. The second-order valence-corrected chi connectivity index (χ2v) is 20.3. The molecule has 68 heavy (non-hydrogen) atoms. The van der Waals surface area contributed by atoms with Crippen LogP contribution in [0.3, 0.4) is 0 Å². The van der Waals surface area contributed by atoms with Gasteiger partial charge in [-0.15, -0.1) is 0 Å². The Kier molecular flexibility index (Phi) is 9.96. The van der Waals surface area contributed by atoms with E-state index in [1.54, 1.807) is 0 Å². The number of para-hydroxylation sites is 1. The first-order valence-electron chi connectivity index (χ1n) is 24.3. The van der Waals surface area contributed by atoms with Crippen molar-refractivity contribution in [2.24, 2.45) is 0 Å². The van der Waals surface area contributed by atoms with Crippen molar-refractivity contribution < 1.29 is 0 Å². The Morgan fingerprint density at radius 3 is 1.54 bits per heavy atom. The van der Waals surface area contributed by atoms with Crippen molar-refractivity contribution in [2.75, 3.05) is 4.90 Å². The predicted molar refractivity (Wildman–Crippen MR) is 288 cm³/mol. The van der Waals surface area contributed by atoms with Gasteiger partial charge in [0.1, 0.15) is 0 Å². The maximum atomic E-state index is 2.53. The van der Waals surface area contributed by atoms with Gasteiger partial charge < -0.3 is 4.90 Å². The molecule has 0 heterocycles. The van der Waals surface area contributed by atoms with Gasteiger partial charge in [0.05, 0.1) is 11.1 Å². The Hall–Kier alpha value is -7.74. The molecule has 0 saturated carbocycles. The molecule has 1 heteroatoms. The third-order valence-corrected chi connectivity index (χ3v) is 15.4. The molecule has 10 aromatic carbocycles. The molecule has 0 N–H and O–H groups in total. The monoisotopic (exact) mass is 873 g/mol. The minimum atomic E-state index is -0.555. The molecular weight excluding hydrogens is 819 g/mol. The lowest BCUT2D eigenvalue weighted by Gasteiger charge is -2.42. The zero-order chi connectivity index (χ0) is 46.0. The van der Waals surface area contributed by atoms with Gasteiger partial charge in [-0.2, -0.15) is 0 Å². The van der Waals surface area contributed by atoms with Crippen molar-refractivity contribution in [3.63, 3.8) is 0 Å². The summed E-state index contributed by atoms with van der Waals surface area (Å²) in [6, 6.07) is 88.4. The van der Waals surface area contributed by atoms with Crippen LogP contribution in [-0.2, 0) is 16.2 Å². The van der Waals surface area contributed by atoms with Gasteiger partial charge in [0.15, 0.2) is 0 Å². The lowest BCUT2D eigenvalue weighted by atomic mass is 9.63. The first kappa shape index (κ1) is 41.7. The number of hydrogen-bond acceptors (Lipinski definition) is 1. The Bertz CT molecular complexity index is 3430. The van der Waals surface area contributed by atoms with E-state index in [-0.39, 0.29) is 10.8 Å². The van der Waals surface area contributed by atoms with Crippen LogP contribution in [0.2, 0.25) is 0 Å². The quantitative estimate of drug-likeness (QED) is 0.147. The number of anilines is 3. The van der Waals surface area contributed by atoms with E-state index in [9.17, 15) is 0 Å². The topological polar surface area (TPSA) is 3.24 Å². The van der Waals surface area contributed by atoms with E-state index < -0.39 is 5.41 Å². The van der Waals surface area contributed by atoms with Crippen LogP contribution in [0.4, 0.5) is 17.1 Å². The number of rotatable bonds is 8. The fourth-order valence-corrected chi connectivity index (χ4v) is 11.8. The van der Waals surface area contributed by atoms with Crippen LogP contribution < -0.4 is 4.90 Å². The van der Waals surface area contributed by atoms with Crippen molar-refractivity contribution in [1.29, 1.82) is 0 Å². The zero-order valence-electron chi connectivity index (χ0n) is 39.4. The first-order chi connectivity index (χ1) is 33.2. The highest BCUT2D eigenvalue weighted by molar-refractivity contribution is 5.99. The van der Waals surface area contributed by atoms with Crippen LogP contribution >= 0.6 is 0 Å². The van der Waals surface area contributed by atoms with Crippen LogP contribution in [0, 0.1) is 0 Å². The summed E-state index contributed by atoms with van der Waals surface area (Å²) in [6.45, 7) is 9.65. The average molecular weight is 874 g/mol. The lowest BCUT2D eigenvalue weighted by Crippen LogP contribution is -2.33. The summed E-state index contributed by atoms with van der Waals surface area (Å²) in [5.41, 5.74) is 21.0. The summed E-state index contributed by atoms with van der Waals surface area (Å²) >= 11 is 0. The van der Waals surface area contributed by atoms with Crippen molar-refractivity contribution in [2.45, 2.75) is 56.8 Å². The van der Waals surface area contributed by atoms with E-state index in [1.807, 2.05) is 0 Å². The summed E-state index contributed by atoms with van der Waals surface area (Å²) < 4.78 is 0. The SMILES string of the molecule is CC1(C)CCC(C)(C)c2cc(-c3ccc(-c4cc5c(cc4N(c4ccccc4)c4ccc(-c6cccc7ccccc67)cc4)C(c4ccccc4)(c4ccccc4)c4ccccc4-5)cc3)ccc21. The Morgan fingerprint density at radius 1 is 0.324 bits per heavy atom. The van der Waals surface area contributed by atoms with Crippen molar-refractivity contribution >= 4 is 27.8 Å².